The third kappa shape index (κ3) is 4.60. The Morgan fingerprint density at radius 3 is 2.42 bits per heavy atom. The summed E-state index contributed by atoms with van der Waals surface area (Å²) in [6, 6.07) is 21.2. The molecule has 0 spiro atoms. The van der Waals surface area contributed by atoms with Gasteiger partial charge in [-0.3, -0.25) is 4.79 Å². The number of benzene rings is 2. The van der Waals surface area contributed by atoms with Gasteiger partial charge in [-0.2, -0.15) is 5.10 Å². The number of anilines is 1. The van der Waals surface area contributed by atoms with Gasteiger partial charge in [-0.05, 0) is 66.7 Å². The molecule has 1 amide bonds. The van der Waals surface area contributed by atoms with Gasteiger partial charge in [0, 0.05) is 29.2 Å². The van der Waals surface area contributed by atoms with Crippen molar-refractivity contribution in [2.75, 3.05) is 5.32 Å². The van der Waals surface area contributed by atoms with Gasteiger partial charge in [0.25, 0.3) is 5.91 Å². The number of furan rings is 1. The van der Waals surface area contributed by atoms with Crippen LogP contribution in [0.4, 0.5) is 5.69 Å². The second-order valence-corrected chi connectivity index (χ2v) is 7.33. The molecule has 5 rings (SSSR count). The average Bonchev–Trinajstić information content (AvgIpc) is 3.52. The van der Waals surface area contributed by atoms with Crippen LogP contribution in [0.3, 0.4) is 0 Å². The molecule has 0 saturated heterocycles. The lowest BCUT2D eigenvalue weighted by atomic mass is 10.2. The molecular formula is C24H16ClN5O3. The smallest absolute Gasteiger partial charge is 0.321 e. The van der Waals surface area contributed by atoms with Crippen molar-refractivity contribution in [2.45, 2.75) is 0 Å². The first-order valence-corrected chi connectivity index (χ1v) is 10.3. The lowest BCUT2D eigenvalue weighted by molar-refractivity contribution is 0.102. The van der Waals surface area contributed by atoms with Gasteiger partial charge in [0.05, 0.1) is 12.0 Å². The van der Waals surface area contributed by atoms with Crippen molar-refractivity contribution < 1.29 is 13.9 Å². The lowest BCUT2D eigenvalue weighted by Gasteiger charge is -2.06. The lowest BCUT2D eigenvalue weighted by Crippen LogP contribution is -2.13. The first-order valence-electron chi connectivity index (χ1n) is 9.92. The molecule has 0 aliphatic rings. The predicted molar refractivity (Wildman–Crippen MR) is 123 cm³/mol. The molecular weight excluding hydrogens is 442 g/mol. The molecule has 8 nitrogen and oxygen atoms in total. The molecule has 162 valence electrons. The average molecular weight is 458 g/mol. The molecule has 2 aromatic carbocycles. The van der Waals surface area contributed by atoms with Crippen molar-refractivity contribution in [2.24, 2.45) is 0 Å². The number of amides is 1. The molecule has 3 heterocycles. The van der Waals surface area contributed by atoms with E-state index in [1.54, 1.807) is 84.0 Å². The zero-order chi connectivity index (χ0) is 22.6. The largest absolute Gasteiger partial charge is 0.463 e. The Balaban J connectivity index is 1.37. The molecule has 0 aliphatic heterocycles. The number of halogens is 1. The second kappa shape index (κ2) is 8.97. The van der Waals surface area contributed by atoms with Crippen LogP contribution < -0.4 is 10.1 Å². The highest BCUT2D eigenvalue weighted by Gasteiger charge is 2.18. The van der Waals surface area contributed by atoms with Gasteiger partial charge in [-0.15, -0.1) is 0 Å². The third-order valence-electron chi connectivity index (χ3n) is 4.65. The summed E-state index contributed by atoms with van der Waals surface area (Å²) >= 11 is 6.01. The van der Waals surface area contributed by atoms with Crippen molar-refractivity contribution in [1.82, 2.24) is 19.7 Å². The molecule has 0 bridgehead atoms. The molecule has 0 saturated carbocycles. The highest BCUT2D eigenvalue weighted by molar-refractivity contribution is 6.30. The van der Waals surface area contributed by atoms with Crippen LogP contribution in [0, 0.1) is 0 Å². The van der Waals surface area contributed by atoms with Gasteiger partial charge in [0.2, 0.25) is 0 Å². The molecule has 0 fully saturated rings. The molecule has 0 radical (unpaired) electrons. The maximum absolute atomic E-state index is 12.9. The highest BCUT2D eigenvalue weighted by Crippen LogP contribution is 2.26. The Morgan fingerprint density at radius 1 is 0.970 bits per heavy atom. The van der Waals surface area contributed by atoms with Gasteiger partial charge in [-0.1, -0.05) is 11.6 Å². The number of hydrogen-bond acceptors (Lipinski definition) is 6. The predicted octanol–water partition coefficient (Wildman–Crippen LogP) is 5.62. The number of carbonyl (C=O) groups excluding carboxylic acids is 1. The summed E-state index contributed by atoms with van der Waals surface area (Å²) in [5.74, 6) is 0.767. The number of carbonyl (C=O) groups is 1. The first-order chi connectivity index (χ1) is 16.2. The van der Waals surface area contributed by atoms with Crippen molar-refractivity contribution >= 4 is 23.2 Å². The molecule has 1 N–H and O–H groups in total. The minimum Gasteiger partial charge on any atom is -0.463 e. The van der Waals surface area contributed by atoms with Crippen LogP contribution in [0.25, 0.3) is 17.1 Å². The fraction of sp³-hybridized carbons (Fsp3) is 0. The number of ether oxygens (including phenoxy) is 1. The highest BCUT2D eigenvalue weighted by atomic mass is 35.5. The molecule has 3 aromatic heterocycles. The molecule has 9 heteroatoms. The third-order valence-corrected chi connectivity index (χ3v) is 4.90. The monoisotopic (exact) mass is 457 g/mol. The standard InChI is InChI=1S/C24H16ClN5O3/c25-16-4-8-18(9-5-16)30-21(22-3-1-14-32-22)15-20(29-30)23(31)28-17-6-10-19(11-7-17)33-24-26-12-2-13-27-24/h1-15H,(H,28,31). The summed E-state index contributed by atoms with van der Waals surface area (Å²) in [6.45, 7) is 0. The van der Waals surface area contributed by atoms with E-state index in [1.165, 1.54) is 0 Å². The van der Waals surface area contributed by atoms with Gasteiger partial charge >= 0.3 is 6.01 Å². The molecule has 0 aliphatic carbocycles. The molecule has 33 heavy (non-hydrogen) atoms. The van der Waals surface area contributed by atoms with E-state index in [0.29, 0.717) is 27.9 Å². The zero-order valence-electron chi connectivity index (χ0n) is 17.1. The summed E-state index contributed by atoms with van der Waals surface area (Å²) in [4.78, 5) is 21.0. The van der Waals surface area contributed by atoms with E-state index < -0.39 is 0 Å². The fourth-order valence-corrected chi connectivity index (χ4v) is 3.24. The minimum absolute atomic E-state index is 0.231. The quantitative estimate of drug-likeness (QED) is 0.355. The number of nitrogens with zero attached hydrogens (tertiary/aromatic N) is 4. The van der Waals surface area contributed by atoms with Gasteiger partial charge in [-0.25, -0.2) is 14.6 Å². The fourth-order valence-electron chi connectivity index (χ4n) is 3.12. The van der Waals surface area contributed by atoms with Crippen molar-refractivity contribution in [3.63, 3.8) is 0 Å². The number of aromatic nitrogens is 4. The molecule has 0 atom stereocenters. The number of rotatable bonds is 6. The topological polar surface area (TPSA) is 95.1 Å². The van der Waals surface area contributed by atoms with E-state index in [1.807, 2.05) is 12.1 Å². The zero-order valence-corrected chi connectivity index (χ0v) is 17.8. The van der Waals surface area contributed by atoms with E-state index >= 15 is 0 Å². The molecule has 5 aromatic rings. The minimum atomic E-state index is -0.365. The van der Waals surface area contributed by atoms with Crippen molar-refractivity contribution in [3.8, 4) is 28.9 Å². The van der Waals surface area contributed by atoms with Gasteiger partial charge in [0.1, 0.15) is 11.4 Å². The summed E-state index contributed by atoms with van der Waals surface area (Å²) in [7, 11) is 0. The summed E-state index contributed by atoms with van der Waals surface area (Å²) in [5, 5.41) is 7.94. The maximum atomic E-state index is 12.9. The molecule has 0 unspecified atom stereocenters. The Bertz CT molecular complexity index is 1370. The van der Waals surface area contributed by atoms with E-state index in [0.717, 1.165) is 5.69 Å². The van der Waals surface area contributed by atoms with E-state index in [2.05, 4.69) is 20.4 Å². The number of nitrogens with one attached hydrogen (secondary N) is 1. The van der Waals surface area contributed by atoms with Gasteiger partial charge < -0.3 is 14.5 Å². The van der Waals surface area contributed by atoms with Crippen LogP contribution in [0.1, 0.15) is 10.5 Å². The van der Waals surface area contributed by atoms with E-state index in [-0.39, 0.29) is 17.6 Å². The van der Waals surface area contributed by atoms with E-state index in [9.17, 15) is 4.79 Å². The summed E-state index contributed by atoms with van der Waals surface area (Å²) in [5.41, 5.74) is 2.20. The van der Waals surface area contributed by atoms with Crippen LogP contribution in [0.2, 0.25) is 5.02 Å². The Labute approximate surface area is 193 Å². The Kier molecular flexibility index (Phi) is 5.57. The van der Waals surface area contributed by atoms with Crippen LogP contribution in [0.5, 0.6) is 11.8 Å². The van der Waals surface area contributed by atoms with Crippen LogP contribution in [-0.4, -0.2) is 25.7 Å². The van der Waals surface area contributed by atoms with Crippen molar-refractivity contribution in [3.05, 3.63) is 102 Å². The van der Waals surface area contributed by atoms with Crippen LogP contribution >= 0.6 is 11.6 Å². The Hall–Kier alpha value is -4.43. The van der Waals surface area contributed by atoms with Gasteiger partial charge in [0.15, 0.2) is 11.5 Å². The summed E-state index contributed by atoms with van der Waals surface area (Å²) < 4.78 is 12.7. The number of hydrogen-bond donors (Lipinski definition) is 1. The SMILES string of the molecule is O=C(Nc1ccc(Oc2ncccn2)cc1)c1cc(-c2ccco2)n(-c2ccc(Cl)cc2)n1. The maximum Gasteiger partial charge on any atom is 0.321 e. The Morgan fingerprint density at radius 2 is 1.73 bits per heavy atom. The van der Waals surface area contributed by atoms with E-state index in [4.69, 9.17) is 20.8 Å². The van der Waals surface area contributed by atoms with Crippen LogP contribution in [0.15, 0.2) is 95.9 Å². The second-order valence-electron chi connectivity index (χ2n) is 6.89. The summed E-state index contributed by atoms with van der Waals surface area (Å²) in [6.07, 6.45) is 4.76. The van der Waals surface area contributed by atoms with Crippen molar-refractivity contribution in [1.29, 1.82) is 0 Å². The van der Waals surface area contributed by atoms with Crippen LogP contribution in [-0.2, 0) is 0 Å². The normalized spacial score (nSPS) is 10.7. The first kappa shape index (κ1) is 20.5.